The van der Waals surface area contributed by atoms with Crippen molar-refractivity contribution in [3.63, 3.8) is 0 Å². The van der Waals surface area contributed by atoms with Crippen molar-refractivity contribution in [1.82, 2.24) is 0 Å². The van der Waals surface area contributed by atoms with Gasteiger partial charge in [0.2, 0.25) is 0 Å². The van der Waals surface area contributed by atoms with E-state index in [-0.39, 0.29) is 0 Å². The van der Waals surface area contributed by atoms with Crippen molar-refractivity contribution in [2.45, 2.75) is 97.8 Å². The monoisotopic (exact) mass is 532 g/mol. The molecule has 1 nitrogen and oxygen atoms in total. The standard InChI is InChI=1S/C9H12.C8H9O.3C4H9.Sn/c1-7-5-4-6-8(2)9(7)3;1-2-9-8-6-4-3-5-7-8;3*1-3-4-2;/h4-6H,1-3H3;3-7H,1-2H2;3*1,3-4H2,2H3;. The van der Waals surface area contributed by atoms with E-state index in [9.17, 15) is 0 Å². The van der Waals surface area contributed by atoms with Gasteiger partial charge in [-0.3, -0.25) is 0 Å². The molecule has 2 aromatic carbocycles. The van der Waals surface area contributed by atoms with Crippen LogP contribution in [0.1, 0.15) is 76.0 Å². The molecule has 0 bridgehead atoms. The minimum atomic E-state index is -1.98. The molecule has 0 aliphatic carbocycles. The van der Waals surface area contributed by atoms with Crippen LogP contribution in [0.5, 0.6) is 5.75 Å². The van der Waals surface area contributed by atoms with Crippen LogP contribution in [0.4, 0.5) is 0 Å². The summed E-state index contributed by atoms with van der Waals surface area (Å²) in [5.74, 6) is 1.05. The fourth-order valence-corrected chi connectivity index (χ4v) is 19.5. The van der Waals surface area contributed by atoms with Crippen molar-refractivity contribution in [1.29, 1.82) is 0 Å². The first-order valence-corrected chi connectivity index (χ1v) is 20.8. The molecule has 0 saturated carbocycles. The second kappa shape index (κ2) is 16.6. The van der Waals surface area contributed by atoms with E-state index in [1.807, 2.05) is 0 Å². The molecule has 0 aliphatic heterocycles. The van der Waals surface area contributed by atoms with Crippen LogP contribution in [0.3, 0.4) is 0 Å². The second-order valence-corrected chi connectivity index (χ2v) is 23.5. The van der Waals surface area contributed by atoms with E-state index in [0.29, 0.717) is 0 Å². The molecule has 2 aromatic rings. The third-order valence-corrected chi connectivity index (χ3v) is 22.4. The molecule has 0 N–H and O–H groups in total. The normalized spacial score (nSPS) is 11.0. The number of aryl methyl sites for hydroxylation is 2. The Hall–Kier alpha value is -0.961. The van der Waals surface area contributed by atoms with Gasteiger partial charge in [0.15, 0.2) is 0 Å². The quantitative estimate of drug-likeness (QED) is 0.234. The van der Waals surface area contributed by atoms with Crippen LogP contribution in [-0.4, -0.2) is 25.0 Å². The molecule has 0 radical (unpaired) electrons. The number of para-hydroxylation sites is 1. The van der Waals surface area contributed by atoms with Crippen LogP contribution in [0.15, 0.2) is 48.5 Å². The number of benzene rings is 2. The molecular formula is C29H48OSn. The van der Waals surface area contributed by atoms with Gasteiger partial charge in [0.25, 0.3) is 0 Å². The van der Waals surface area contributed by atoms with Gasteiger partial charge < -0.3 is 0 Å². The summed E-state index contributed by atoms with van der Waals surface area (Å²) in [6.45, 7) is 14.4. The van der Waals surface area contributed by atoms with Gasteiger partial charge in [0.1, 0.15) is 0 Å². The zero-order valence-electron chi connectivity index (χ0n) is 21.3. The summed E-state index contributed by atoms with van der Waals surface area (Å²) in [7, 11) is 0. The van der Waals surface area contributed by atoms with Crippen molar-refractivity contribution in [3.05, 3.63) is 65.2 Å². The molecule has 174 valence electrons. The third-order valence-electron chi connectivity index (χ3n) is 6.70. The smallest absolute Gasteiger partial charge is 0.0392 e. The molecule has 0 fully saturated rings. The largest absolute Gasteiger partial charge is 0.0617 e. The molecule has 0 atom stereocenters. The molecule has 0 unspecified atom stereocenters. The Kier molecular flexibility index (Phi) is 15.1. The van der Waals surface area contributed by atoms with Crippen molar-refractivity contribution in [3.8, 4) is 5.75 Å². The maximum atomic E-state index is 6.05. The number of rotatable bonds is 13. The summed E-state index contributed by atoms with van der Waals surface area (Å²) >= 11 is -1.98. The Morgan fingerprint density at radius 3 is 1.52 bits per heavy atom. The Labute approximate surface area is 197 Å². The van der Waals surface area contributed by atoms with Gasteiger partial charge in [-0.2, -0.15) is 0 Å². The van der Waals surface area contributed by atoms with Gasteiger partial charge >= 0.3 is 143 Å². The Bertz CT molecular complexity index is 653. The van der Waals surface area contributed by atoms with Crippen LogP contribution >= 0.6 is 0 Å². The van der Waals surface area contributed by atoms with Gasteiger partial charge in [-0.25, -0.2) is 0 Å². The topological polar surface area (TPSA) is 9.23 Å². The van der Waals surface area contributed by atoms with Crippen molar-refractivity contribution >= 4 is 18.4 Å². The molecule has 0 amide bonds. The SMILES string of the molecule is CCC[CH2][Sn]([CH2]CCC)([CH2]CCC)[CH2]COc1ccccc1.Cc1cccc(C)c1C. The second-order valence-electron chi connectivity index (χ2n) is 9.24. The summed E-state index contributed by atoms with van der Waals surface area (Å²) in [5, 5.41) is 0. The van der Waals surface area contributed by atoms with Gasteiger partial charge in [0.05, 0.1) is 0 Å². The first kappa shape index (κ1) is 28.1. The molecule has 2 rings (SSSR count). The van der Waals surface area contributed by atoms with E-state index >= 15 is 0 Å². The molecule has 31 heavy (non-hydrogen) atoms. The van der Waals surface area contributed by atoms with Crippen molar-refractivity contribution in [2.75, 3.05) is 6.61 Å². The Morgan fingerprint density at radius 1 is 0.613 bits per heavy atom. The fraction of sp³-hybridized carbons (Fsp3) is 0.586. The summed E-state index contributed by atoms with van der Waals surface area (Å²) in [6.07, 6.45) is 8.43. The Balaban J connectivity index is 0.000000442. The molecule has 0 spiro atoms. The molecular weight excluding hydrogens is 483 g/mol. The number of hydrogen-bond donors (Lipinski definition) is 0. The van der Waals surface area contributed by atoms with Gasteiger partial charge in [-0.15, -0.1) is 0 Å². The molecule has 0 saturated heterocycles. The van der Waals surface area contributed by atoms with Gasteiger partial charge in [-0.05, 0) is 37.5 Å². The van der Waals surface area contributed by atoms with Crippen molar-refractivity contribution in [2.24, 2.45) is 0 Å². The first-order chi connectivity index (χ1) is 15.0. The van der Waals surface area contributed by atoms with Crippen LogP contribution in [0, 0.1) is 20.8 Å². The van der Waals surface area contributed by atoms with Crippen molar-refractivity contribution < 1.29 is 4.74 Å². The Morgan fingerprint density at radius 2 is 1.10 bits per heavy atom. The molecule has 0 aliphatic rings. The van der Waals surface area contributed by atoms with Gasteiger partial charge in [0, 0.05) is 0 Å². The third kappa shape index (κ3) is 11.5. The fourth-order valence-electron chi connectivity index (χ4n) is 4.21. The molecule has 0 heterocycles. The average molecular weight is 531 g/mol. The van der Waals surface area contributed by atoms with E-state index in [0.717, 1.165) is 12.4 Å². The number of ether oxygens (including phenoxy) is 1. The maximum Gasteiger partial charge on any atom is -0.0392 e. The summed E-state index contributed by atoms with van der Waals surface area (Å²) in [6, 6.07) is 16.7. The van der Waals surface area contributed by atoms with Crippen LogP contribution < -0.4 is 4.74 Å². The van der Waals surface area contributed by atoms with Gasteiger partial charge in [-0.1, -0.05) is 18.2 Å². The van der Waals surface area contributed by atoms with E-state index in [4.69, 9.17) is 4.74 Å². The summed E-state index contributed by atoms with van der Waals surface area (Å²) in [5.41, 5.74) is 4.18. The van der Waals surface area contributed by atoms with E-state index in [1.165, 1.54) is 59.7 Å². The summed E-state index contributed by atoms with van der Waals surface area (Å²) < 4.78 is 12.2. The maximum absolute atomic E-state index is 6.05. The van der Waals surface area contributed by atoms with E-state index < -0.39 is 18.4 Å². The number of hydrogen-bond acceptors (Lipinski definition) is 1. The van der Waals surface area contributed by atoms with Crippen LogP contribution in [-0.2, 0) is 0 Å². The predicted molar refractivity (Wildman–Crippen MR) is 142 cm³/mol. The zero-order valence-corrected chi connectivity index (χ0v) is 24.2. The number of unbranched alkanes of at least 4 members (excludes halogenated alkanes) is 3. The average Bonchev–Trinajstić information content (AvgIpc) is 2.79. The first-order valence-electron chi connectivity index (χ1n) is 12.7. The predicted octanol–water partition coefficient (Wildman–Crippen LogP) is 9.53. The molecule has 0 aromatic heterocycles. The van der Waals surface area contributed by atoms with Crippen LogP contribution in [0.25, 0.3) is 0 Å². The zero-order chi connectivity index (χ0) is 23.0. The molecule has 2 heteroatoms. The minimum Gasteiger partial charge on any atom is -0.0617 e. The van der Waals surface area contributed by atoms with Crippen LogP contribution in [0.2, 0.25) is 17.7 Å². The van der Waals surface area contributed by atoms with E-state index in [2.05, 4.69) is 90.1 Å². The summed E-state index contributed by atoms with van der Waals surface area (Å²) in [4.78, 5) is 0. The van der Waals surface area contributed by atoms with E-state index in [1.54, 1.807) is 13.3 Å². The minimum absolute atomic E-state index is 0.956.